The van der Waals surface area contributed by atoms with Gasteiger partial charge in [-0.2, -0.15) is 10.5 Å². The van der Waals surface area contributed by atoms with Crippen LogP contribution in [0, 0.1) is 56.0 Å². The Bertz CT molecular complexity index is 1560. The van der Waals surface area contributed by atoms with E-state index in [-0.39, 0.29) is 39.1 Å². The molecule has 10 heteroatoms. The van der Waals surface area contributed by atoms with E-state index in [1.165, 1.54) is 30.3 Å². The van der Waals surface area contributed by atoms with Gasteiger partial charge in [0, 0.05) is 40.1 Å². The topological polar surface area (TPSA) is 117 Å². The number of rotatable bonds is 3. The first-order valence-corrected chi connectivity index (χ1v) is 10.0. The molecule has 0 aromatic heterocycles. The zero-order chi connectivity index (χ0) is 26.4. The molecule has 0 heterocycles. The number of non-ortho nitro benzene ring substituents is 1. The van der Waals surface area contributed by atoms with Gasteiger partial charge in [-0.05, 0) is 60.7 Å². The molecular weight excluding hydrogens is 476 g/mol. The van der Waals surface area contributed by atoms with Crippen molar-refractivity contribution in [3.05, 3.63) is 117 Å². The summed E-state index contributed by atoms with van der Waals surface area (Å²) >= 11 is 0. The van der Waals surface area contributed by atoms with Crippen LogP contribution in [-0.2, 0) is 0 Å². The summed E-state index contributed by atoms with van der Waals surface area (Å²) in [6, 6.07) is 17.4. The third-order valence-electron chi connectivity index (χ3n) is 4.94. The molecule has 0 fully saturated rings. The smallest absolute Gasteiger partial charge is 0.270 e. The number of nitro groups is 1. The Labute approximate surface area is 202 Å². The van der Waals surface area contributed by atoms with Crippen molar-refractivity contribution in [3.8, 4) is 34.4 Å². The summed E-state index contributed by atoms with van der Waals surface area (Å²) in [5.41, 5.74) is 5.97. The summed E-state index contributed by atoms with van der Waals surface area (Å²) < 4.78 is 53.7. The maximum Gasteiger partial charge on any atom is 0.270 e. The SMILES string of the molecule is N#Cc1ccc(F)cc1-c1cc(N)ccc1F.N#Cc1ccc(F)cc1-c1cc([N+](=O)[O-])ccc1F. The molecule has 0 unspecified atom stereocenters. The van der Waals surface area contributed by atoms with Crippen LogP contribution in [0.3, 0.4) is 0 Å². The summed E-state index contributed by atoms with van der Waals surface area (Å²) in [5, 5.41) is 28.5. The van der Waals surface area contributed by atoms with Crippen LogP contribution in [0.5, 0.6) is 0 Å². The number of benzene rings is 4. The van der Waals surface area contributed by atoms with Crippen molar-refractivity contribution in [3.63, 3.8) is 0 Å². The van der Waals surface area contributed by atoms with Crippen LogP contribution >= 0.6 is 0 Å². The summed E-state index contributed by atoms with van der Waals surface area (Å²) in [7, 11) is 0. The minimum Gasteiger partial charge on any atom is -0.399 e. The minimum absolute atomic E-state index is 0.0105. The van der Waals surface area contributed by atoms with Gasteiger partial charge in [-0.25, -0.2) is 17.6 Å². The second-order valence-electron chi connectivity index (χ2n) is 7.26. The lowest BCUT2D eigenvalue weighted by Gasteiger charge is -2.07. The molecule has 0 aliphatic rings. The van der Waals surface area contributed by atoms with Gasteiger partial charge in [-0.3, -0.25) is 10.1 Å². The van der Waals surface area contributed by atoms with Crippen molar-refractivity contribution >= 4 is 11.4 Å². The fourth-order valence-electron chi connectivity index (χ4n) is 3.26. The zero-order valence-corrected chi connectivity index (χ0v) is 18.2. The Hall–Kier alpha value is -5.22. The number of nitrogens with zero attached hydrogens (tertiary/aromatic N) is 3. The van der Waals surface area contributed by atoms with E-state index in [4.69, 9.17) is 16.3 Å². The molecule has 0 aliphatic carbocycles. The van der Waals surface area contributed by atoms with E-state index in [9.17, 15) is 27.7 Å². The van der Waals surface area contributed by atoms with Crippen molar-refractivity contribution < 1.29 is 22.5 Å². The first-order valence-electron chi connectivity index (χ1n) is 10.0. The number of nitro benzene ring substituents is 1. The average Bonchev–Trinajstić information content (AvgIpc) is 2.86. The van der Waals surface area contributed by atoms with Crippen molar-refractivity contribution in [2.45, 2.75) is 0 Å². The molecule has 0 aliphatic heterocycles. The van der Waals surface area contributed by atoms with Gasteiger partial charge in [0.25, 0.3) is 5.69 Å². The van der Waals surface area contributed by atoms with Crippen LogP contribution in [0.1, 0.15) is 11.1 Å². The van der Waals surface area contributed by atoms with E-state index in [1.54, 1.807) is 6.07 Å². The molecule has 0 bridgehead atoms. The lowest BCUT2D eigenvalue weighted by molar-refractivity contribution is -0.384. The van der Waals surface area contributed by atoms with E-state index >= 15 is 0 Å². The average molecular weight is 490 g/mol. The summed E-state index contributed by atoms with van der Waals surface area (Å²) in [6.45, 7) is 0. The monoisotopic (exact) mass is 490 g/mol. The van der Waals surface area contributed by atoms with E-state index < -0.39 is 28.2 Å². The van der Waals surface area contributed by atoms with E-state index in [0.29, 0.717) is 5.69 Å². The molecule has 6 nitrogen and oxygen atoms in total. The Morgan fingerprint density at radius 1 is 0.667 bits per heavy atom. The molecular formula is C26H14F4N4O2. The van der Waals surface area contributed by atoms with Crippen molar-refractivity contribution in [1.29, 1.82) is 10.5 Å². The Balaban J connectivity index is 0.000000202. The number of hydrogen-bond acceptors (Lipinski definition) is 5. The molecule has 0 radical (unpaired) electrons. The van der Waals surface area contributed by atoms with Gasteiger partial charge >= 0.3 is 0 Å². The number of nitrogen functional groups attached to an aromatic ring is 1. The third kappa shape index (κ3) is 5.64. The highest BCUT2D eigenvalue weighted by Crippen LogP contribution is 2.30. The van der Waals surface area contributed by atoms with Crippen LogP contribution in [0.25, 0.3) is 22.3 Å². The van der Waals surface area contributed by atoms with Crippen LogP contribution in [-0.4, -0.2) is 4.92 Å². The molecule has 4 rings (SSSR count). The molecule has 36 heavy (non-hydrogen) atoms. The molecule has 0 atom stereocenters. The summed E-state index contributed by atoms with van der Waals surface area (Å²) in [4.78, 5) is 9.97. The highest BCUT2D eigenvalue weighted by atomic mass is 19.1. The van der Waals surface area contributed by atoms with Crippen molar-refractivity contribution in [1.82, 2.24) is 0 Å². The maximum atomic E-state index is 13.7. The third-order valence-corrected chi connectivity index (χ3v) is 4.94. The quantitative estimate of drug-likeness (QED) is 0.152. The van der Waals surface area contributed by atoms with E-state index in [2.05, 4.69) is 0 Å². The molecule has 0 saturated heterocycles. The van der Waals surface area contributed by atoms with Gasteiger partial charge in [0.1, 0.15) is 23.3 Å². The van der Waals surface area contributed by atoms with Crippen LogP contribution in [0.15, 0.2) is 72.8 Å². The van der Waals surface area contributed by atoms with E-state index in [0.717, 1.165) is 42.5 Å². The molecule has 2 N–H and O–H groups in total. The van der Waals surface area contributed by atoms with Gasteiger partial charge < -0.3 is 5.73 Å². The first-order chi connectivity index (χ1) is 17.1. The molecule has 178 valence electrons. The lowest BCUT2D eigenvalue weighted by Crippen LogP contribution is -1.93. The van der Waals surface area contributed by atoms with Crippen molar-refractivity contribution in [2.24, 2.45) is 0 Å². The largest absolute Gasteiger partial charge is 0.399 e. The highest BCUT2D eigenvalue weighted by molar-refractivity contribution is 5.74. The van der Waals surface area contributed by atoms with Gasteiger partial charge in [-0.15, -0.1) is 0 Å². The van der Waals surface area contributed by atoms with Crippen LogP contribution in [0.4, 0.5) is 28.9 Å². The number of halogens is 4. The van der Waals surface area contributed by atoms with E-state index in [1.807, 2.05) is 6.07 Å². The van der Waals surface area contributed by atoms with Gasteiger partial charge in [0.2, 0.25) is 0 Å². The second-order valence-corrected chi connectivity index (χ2v) is 7.26. The molecule has 4 aromatic rings. The number of nitrogens with two attached hydrogens (primary N) is 1. The summed E-state index contributed by atoms with van der Waals surface area (Å²) in [5.74, 6) is -2.48. The number of nitriles is 2. The number of anilines is 1. The second kappa shape index (κ2) is 10.8. The fraction of sp³-hybridized carbons (Fsp3) is 0. The zero-order valence-electron chi connectivity index (χ0n) is 18.2. The van der Waals surface area contributed by atoms with Crippen LogP contribution in [0.2, 0.25) is 0 Å². The normalized spacial score (nSPS) is 9.94. The Morgan fingerprint density at radius 2 is 1.14 bits per heavy atom. The predicted molar refractivity (Wildman–Crippen MR) is 124 cm³/mol. The molecule has 4 aromatic carbocycles. The minimum atomic E-state index is -0.757. The standard InChI is InChI=1S/C13H6F2N2O2.C13H8F2N2/c14-9-2-1-8(7-16)11(5-9)12-6-10(17(18)19)3-4-13(12)15;14-9-2-1-8(7-16)11(5-9)12-6-10(17)3-4-13(12)15/h1-6H;1-6H,17H2. The highest BCUT2D eigenvalue weighted by Gasteiger charge is 2.16. The molecule has 0 spiro atoms. The Kier molecular flexibility index (Phi) is 7.62. The predicted octanol–water partition coefficient (Wildman–Crippen LogP) is 6.50. The van der Waals surface area contributed by atoms with Gasteiger partial charge in [0.15, 0.2) is 0 Å². The molecule has 0 amide bonds. The Morgan fingerprint density at radius 3 is 1.61 bits per heavy atom. The summed E-state index contributed by atoms with van der Waals surface area (Å²) in [6.07, 6.45) is 0. The van der Waals surface area contributed by atoms with Gasteiger partial charge in [0.05, 0.1) is 28.2 Å². The fourth-order valence-corrected chi connectivity index (χ4v) is 3.26. The molecule has 0 saturated carbocycles. The lowest BCUT2D eigenvalue weighted by atomic mass is 9.99. The number of hydrogen-bond donors (Lipinski definition) is 1. The maximum absolute atomic E-state index is 13.7. The van der Waals surface area contributed by atoms with Gasteiger partial charge in [-0.1, -0.05) is 0 Å². The van der Waals surface area contributed by atoms with Crippen LogP contribution < -0.4 is 5.73 Å². The first kappa shape index (κ1) is 25.4. The van der Waals surface area contributed by atoms with Crippen molar-refractivity contribution in [2.75, 3.05) is 5.73 Å².